The second-order valence-corrected chi connectivity index (χ2v) is 7.99. The molecular weight excluding hydrogens is 344 g/mol. The minimum Gasteiger partial charge on any atom is -0.466 e. The van der Waals surface area contributed by atoms with E-state index in [9.17, 15) is 19.8 Å². The quantitative estimate of drug-likeness (QED) is 0.327. The number of aliphatic hydroxyl groups is 2. The summed E-state index contributed by atoms with van der Waals surface area (Å²) in [7, 11) is 0. The summed E-state index contributed by atoms with van der Waals surface area (Å²) in [6.07, 6.45) is 9.95. The topological polar surface area (TPSA) is 83.8 Å². The predicted molar refractivity (Wildman–Crippen MR) is 106 cm³/mol. The highest BCUT2D eigenvalue weighted by Gasteiger charge is 2.40. The van der Waals surface area contributed by atoms with Crippen LogP contribution in [0.1, 0.15) is 97.3 Å². The van der Waals surface area contributed by atoms with Crippen molar-refractivity contribution in [1.82, 2.24) is 0 Å². The summed E-state index contributed by atoms with van der Waals surface area (Å²) in [4.78, 5) is 23.5. The van der Waals surface area contributed by atoms with Gasteiger partial charge in [-0.2, -0.15) is 0 Å². The van der Waals surface area contributed by atoms with Crippen LogP contribution in [0.5, 0.6) is 0 Å². The van der Waals surface area contributed by atoms with Crippen LogP contribution in [0.15, 0.2) is 0 Å². The molecule has 27 heavy (non-hydrogen) atoms. The third kappa shape index (κ3) is 9.70. The highest BCUT2D eigenvalue weighted by Crippen LogP contribution is 2.36. The summed E-state index contributed by atoms with van der Waals surface area (Å²) in [5.41, 5.74) is 0. The molecule has 1 rings (SSSR count). The van der Waals surface area contributed by atoms with Crippen molar-refractivity contribution in [2.24, 2.45) is 11.8 Å². The molecule has 5 heteroatoms. The average Bonchev–Trinajstić information content (AvgIpc) is 2.89. The Hall–Kier alpha value is -0.940. The van der Waals surface area contributed by atoms with E-state index in [0.29, 0.717) is 19.4 Å². The third-order valence-electron chi connectivity index (χ3n) is 5.76. The Morgan fingerprint density at radius 3 is 2.52 bits per heavy atom. The minimum atomic E-state index is -0.547. The highest BCUT2D eigenvalue weighted by atomic mass is 16.5. The van der Waals surface area contributed by atoms with E-state index in [1.165, 1.54) is 0 Å². The minimum absolute atomic E-state index is 0.00198. The van der Waals surface area contributed by atoms with E-state index in [4.69, 9.17) is 4.74 Å². The van der Waals surface area contributed by atoms with Gasteiger partial charge in [-0.15, -0.1) is 0 Å². The molecule has 4 atom stereocenters. The van der Waals surface area contributed by atoms with Gasteiger partial charge in [0.25, 0.3) is 0 Å². The molecule has 2 N–H and O–H groups in total. The summed E-state index contributed by atoms with van der Waals surface area (Å²) in [5, 5.41) is 20.4. The van der Waals surface area contributed by atoms with Crippen LogP contribution in [0.4, 0.5) is 0 Å². The zero-order valence-corrected chi connectivity index (χ0v) is 17.3. The van der Waals surface area contributed by atoms with Crippen molar-refractivity contribution in [3.05, 3.63) is 0 Å². The number of unbranched alkanes of at least 4 members (excludes halogenated alkanes) is 5. The molecular formula is C22H40O5. The molecule has 1 saturated carbocycles. The van der Waals surface area contributed by atoms with Crippen LogP contribution in [-0.4, -0.2) is 40.8 Å². The van der Waals surface area contributed by atoms with Crippen molar-refractivity contribution in [2.75, 3.05) is 6.61 Å². The zero-order chi connectivity index (χ0) is 20.1. The summed E-state index contributed by atoms with van der Waals surface area (Å²) in [6, 6.07) is 0. The zero-order valence-electron chi connectivity index (χ0n) is 17.3. The maximum Gasteiger partial charge on any atom is 0.305 e. The molecule has 0 radical (unpaired) electrons. The van der Waals surface area contributed by atoms with E-state index in [1.807, 2.05) is 6.92 Å². The van der Waals surface area contributed by atoms with Crippen molar-refractivity contribution >= 4 is 11.8 Å². The standard InChI is InChI=1S/C22H40O5/c1-3-5-8-11-17(23)14-15-19-18(20(24)16-21(19)25)12-9-6-7-10-13-22(26)27-4-2/h17-19,21,23,25H,3-16H2,1-2H3. The van der Waals surface area contributed by atoms with E-state index in [2.05, 4.69) is 6.92 Å². The van der Waals surface area contributed by atoms with E-state index in [1.54, 1.807) is 0 Å². The van der Waals surface area contributed by atoms with Crippen LogP contribution < -0.4 is 0 Å². The largest absolute Gasteiger partial charge is 0.466 e. The van der Waals surface area contributed by atoms with Crippen LogP contribution >= 0.6 is 0 Å². The molecule has 0 aromatic heterocycles. The molecule has 1 aliphatic carbocycles. The Morgan fingerprint density at radius 1 is 1.07 bits per heavy atom. The monoisotopic (exact) mass is 384 g/mol. The van der Waals surface area contributed by atoms with Gasteiger partial charge < -0.3 is 14.9 Å². The first-order valence-electron chi connectivity index (χ1n) is 11.0. The highest BCUT2D eigenvalue weighted by molar-refractivity contribution is 5.84. The molecule has 0 amide bonds. The molecule has 0 spiro atoms. The van der Waals surface area contributed by atoms with Gasteiger partial charge in [-0.25, -0.2) is 0 Å². The molecule has 1 fully saturated rings. The number of ketones is 1. The van der Waals surface area contributed by atoms with Crippen LogP contribution in [0.3, 0.4) is 0 Å². The van der Waals surface area contributed by atoms with E-state index >= 15 is 0 Å². The van der Waals surface area contributed by atoms with Crippen molar-refractivity contribution in [3.63, 3.8) is 0 Å². The summed E-state index contributed by atoms with van der Waals surface area (Å²) < 4.78 is 4.91. The van der Waals surface area contributed by atoms with Crippen LogP contribution in [0.25, 0.3) is 0 Å². The van der Waals surface area contributed by atoms with Crippen molar-refractivity contribution in [2.45, 2.75) is 110 Å². The fraction of sp³-hybridized carbons (Fsp3) is 0.909. The number of aliphatic hydroxyl groups excluding tert-OH is 2. The maximum absolute atomic E-state index is 12.2. The number of hydrogen-bond acceptors (Lipinski definition) is 5. The number of esters is 1. The molecule has 4 unspecified atom stereocenters. The van der Waals surface area contributed by atoms with Gasteiger partial charge in [-0.1, -0.05) is 45.4 Å². The molecule has 0 aromatic rings. The number of rotatable bonds is 15. The normalized spacial score (nSPS) is 23.6. The molecule has 0 aliphatic heterocycles. The number of ether oxygens (including phenoxy) is 1. The average molecular weight is 385 g/mol. The molecule has 0 saturated heterocycles. The second kappa shape index (κ2) is 14.1. The summed E-state index contributed by atoms with van der Waals surface area (Å²) in [5.74, 6) is -0.0191. The molecule has 158 valence electrons. The van der Waals surface area contributed by atoms with Gasteiger partial charge in [0.05, 0.1) is 18.8 Å². The van der Waals surface area contributed by atoms with E-state index in [-0.39, 0.29) is 36.1 Å². The van der Waals surface area contributed by atoms with E-state index < -0.39 is 6.10 Å². The van der Waals surface area contributed by atoms with Crippen LogP contribution in [0.2, 0.25) is 0 Å². The first-order chi connectivity index (χ1) is 13.0. The smallest absolute Gasteiger partial charge is 0.305 e. The SMILES string of the molecule is CCCCCC(O)CCC1C(O)CC(=O)C1CCCCCCC(=O)OCC. The first-order valence-corrected chi connectivity index (χ1v) is 11.0. The number of carbonyl (C=O) groups is 2. The van der Waals surface area contributed by atoms with Crippen LogP contribution in [-0.2, 0) is 14.3 Å². The Kier molecular flexibility index (Phi) is 12.6. The second-order valence-electron chi connectivity index (χ2n) is 7.99. The molecule has 0 bridgehead atoms. The molecule has 5 nitrogen and oxygen atoms in total. The lowest BCUT2D eigenvalue weighted by Crippen LogP contribution is -2.22. The number of carbonyl (C=O) groups excluding carboxylic acids is 2. The Labute approximate surface area is 164 Å². The summed E-state index contributed by atoms with van der Waals surface area (Å²) >= 11 is 0. The van der Waals surface area contributed by atoms with Gasteiger partial charge in [0, 0.05) is 18.8 Å². The Morgan fingerprint density at radius 2 is 1.81 bits per heavy atom. The first kappa shape index (κ1) is 24.1. The molecule has 0 aromatic carbocycles. The fourth-order valence-electron chi connectivity index (χ4n) is 4.16. The van der Waals surface area contributed by atoms with Gasteiger partial charge in [0.2, 0.25) is 0 Å². The summed E-state index contributed by atoms with van der Waals surface area (Å²) in [6.45, 7) is 4.39. The van der Waals surface area contributed by atoms with Gasteiger partial charge in [0.15, 0.2) is 0 Å². The van der Waals surface area contributed by atoms with Crippen molar-refractivity contribution in [3.8, 4) is 0 Å². The lowest BCUT2D eigenvalue weighted by molar-refractivity contribution is -0.143. The lowest BCUT2D eigenvalue weighted by atomic mass is 9.85. The number of hydrogen-bond donors (Lipinski definition) is 2. The van der Waals surface area contributed by atoms with Gasteiger partial charge >= 0.3 is 5.97 Å². The molecule has 1 aliphatic rings. The lowest BCUT2D eigenvalue weighted by Gasteiger charge is -2.22. The van der Waals surface area contributed by atoms with Gasteiger partial charge in [-0.05, 0) is 44.9 Å². The Bertz CT molecular complexity index is 423. The Balaban J connectivity index is 2.26. The van der Waals surface area contributed by atoms with Crippen LogP contribution in [0, 0.1) is 11.8 Å². The maximum atomic E-state index is 12.2. The van der Waals surface area contributed by atoms with Gasteiger partial charge in [-0.3, -0.25) is 9.59 Å². The van der Waals surface area contributed by atoms with Crippen molar-refractivity contribution < 1.29 is 24.5 Å². The van der Waals surface area contributed by atoms with Crippen molar-refractivity contribution in [1.29, 1.82) is 0 Å². The predicted octanol–water partition coefficient (Wildman–Crippen LogP) is 4.18. The van der Waals surface area contributed by atoms with Gasteiger partial charge in [0.1, 0.15) is 5.78 Å². The third-order valence-corrected chi connectivity index (χ3v) is 5.76. The molecule has 0 heterocycles. The fourth-order valence-corrected chi connectivity index (χ4v) is 4.16. The van der Waals surface area contributed by atoms with E-state index in [0.717, 1.165) is 64.2 Å². The number of Topliss-reactive ketones (excluding diaryl/α,β-unsaturated/α-hetero) is 1.